The van der Waals surface area contributed by atoms with Crippen molar-refractivity contribution in [2.75, 3.05) is 6.54 Å². The van der Waals surface area contributed by atoms with Gasteiger partial charge in [0.15, 0.2) is 0 Å². The molecule has 0 heterocycles. The van der Waals surface area contributed by atoms with Gasteiger partial charge in [-0.25, -0.2) is 4.79 Å². The van der Waals surface area contributed by atoms with Crippen LogP contribution in [-0.2, 0) is 6.61 Å². The second kappa shape index (κ2) is 13.6. The molecule has 0 aliphatic heterocycles. The molecule has 192 valence electrons. The van der Waals surface area contributed by atoms with Gasteiger partial charge in [0.2, 0.25) is 0 Å². The molecule has 0 aliphatic carbocycles. The molecule has 0 bridgehead atoms. The van der Waals surface area contributed by atoms with Crippen LogP contribution < -0.4 is 4.74 Å². The van der Waals surface area contributed by atoms with Crippen molar-refractivity contribution < 1.29 is 14.6 Å². The molecule has 0 saturated heterocycles. The van der Waals surface area contributed by atoms with Gasteiger partial charge in [-0.1, -0.05) is 54.4 Å². The topological polar surface area (TPSA) is 49.8 Å². The second-order valence-corrected chi connectivity index (χ2v) is 10.2. The molecule has 0 fully saturated rings. The van der Waals surface area contributed by atoms with E-state index in [2.05, 4.69) is 44.7 Å². The third-order valence-electron chi connectivity index (χ3n) is 6.60. The number of aliphatic hydroxyl groups is 1. The summed E-state index contributed by atoms with van der Waals surface area (Å²) >= 11 is 5.98. The fourth-order valence-corrected chi connectivity index (χ4v) is 4.87. The molecule has 0 amide bonds. The van der Waals surface area contributed by atoms with Crippen molar-refractivity contribution in [2.24, 2.45) is 0 Å². The highest BCUT2D eigenvalue weighted by Crippen LogP contribution is 2.37. The van der Waals surface area contributed by atoms with Gasteiger partial charge < -0.3 is 9.84 Å². The average Bonchev–Trinajstić information content (AvgIpc) is 2.87. The highest BCUT2D eigenvalue weighted by atomic mass is 35.5. The van der Waals surface area contributed by atoms with E-state index in [1.165, 1.54) is 5.56 Å². The molecule has 3 rings (SSSR count). The lowest BCUT2D eigenvalue weighted by molar-refractivity contribution is 0.0732. The molecule has 0 aliphatic rings. The number of unbranched alkanes of at least 4 members (excludes halogenated alkanes) is 1. The number of carbonyl (C=O) groups excluding carboxylic acids is 1. The van der Waals surface area contributed by atoms with Crippen molar-refractivity contribution in [3.63, 3.8) is 0 Å². The summed E-state index contributed by atoms with van der Waals surface area (Å²) in [5.74, 6) is 0.130. The Morgan fingerprint density at radius 3 is 2.19 bits per heavy atom. The van der Waals surface area contributed by atoms with Crippen LogP contribution in [0.4, 0.5) is 0 Å². The molecule has 3 aromatic rings. The second-order valence-electron chi connectivity index (χ2n) is 9.81. The summed E-state index contributed by atoms with van der Waals surface area (Å²) in [4.78, 5) is 15.5. The molecular formula is C31H38ClNO3. The van der Waals surface area contributed by atoms with Crippen LogP contribution in [0.25, 0.3) is 0 Å². The van der Waals surface area contributed by atoms with Gasteiger partial charge in [-0.3, -0.25) is 4.90 Å². The van der Waals surface area contributed by atoms with E-state index >= 15 is 0 Å². The van der Waals surface area contributed by atoms with Crippen molar-refractivity contribution in [1.29, 1.82) is 0 Å². The van der Waals surface area contributed by atoms with Crippen LogP contribution in [0.15, 0.2) is 72.8 Å². The molecule has 1 unspecified atom stereocenters. The van der Waals surface area contributed by atoms with E-state index < -0.39 is 5.97 Å². The molecule has 0 aromatic heterocycles. The Labute approximate surface area is 220 Å². The fraction of sp³-hybridized carbons (Fsp3) is 0.387. The first kappa shape index (κ1) is 27.9. The zero-order valence-corrected chi connectivity index (χ0v) is 22.5. The van der Waals surface area contributed by atoms with Crippen LogP contribution in [0.1, 0.15) is 79.9 Å². The average molecular weight is 508 g/mol. The van der Waals surface area contributed by atoms with Crippen LogP contribution in [-0.4, -0.2) is 34.6 Å². The minimum absolute atomic E-state index is 0.0391. The van der Waals surface area contributed by atoms with Crippen LogP contribution >= 0.6 is 11.6 Å². The summed E-state index contributed by atoms with van der Waals surface area (Å²) in [5, 5.41) is 10.4. The summed E-state index contributed by atoms with van der Waals surface area (Å²) in [6, 6.07) is 23.6. The van der Waals surface area contributed by atoms with Crippen LogP contribution in [0.2, 0.25) is 5.02 Å². The number of hydrogen-bond donors (Lipinski definition) is 1. The molecule has 0 saturated carbocycles. The maximum absolute atomic E-state index is 12.9. The summed E-state index contributed by atoms with van der Waals surface area (Å²) in [5.41, 5.74) is 3.32. The number of hydrogen-bond acceptors (Lipinski definition) is 4. The number of ether oxygens (including phenoxy) is 1. The highest BCUT2D eigenvalue weighted by Gasteiger charge is 2.22. The Balaban J connectivity index is 1.87. The van der Waals surface area contributed by atoms with E-state index in [9.17, 15) is 9.90 Å². The van der Waals surface area contributed by atoms with Crippen molar-refractivity contribution in [3.05, 3.63) is 100 Å². The molecule has 4 nitrogen and oxygen atoms in total. The third-order valence-corrected chi connectivity index (χ3v) is 6.85. The van der Waals surface area contributed by atoms with Crippen LogP contribution in [0.5, 0.6) is 5.75 Å². The smallest absolute Gasteiger partial charge is 0.343 e. The van der Waals surface area contributed by atoms with Gasteiger partial charge in [0, 0.05) is 28.6 Å². The molecule has 3 aromatic carbocycles. The zero-order valence-electron chi connectivity index (χ0n) is 21.8. The highest BCUT2D eigenvalue weighted by molar-refractivity contribution is 6.30. The Hall–Kier alpha value is -2.66. The first-order valence-corrected chi connectivity index (χ1v) is 13.2. The number of benzene rings is 3. The minimum atomic E-state index is -0.430. The van der Waals surface area contributed by atoms with Gasteiger partial charge in [0.1, 0.15) is 5.75 Å². The number of rotatable bonds is 12. The summed E-state index contributed by atoms with van der Waals surface area (Å²) in [6.07, 6.45) is 3.02. The maximum Gasteiger partial charge on any atom is 0.343 e. The monoisotopic (exact) mass is 507 g/mol. The van der Waals surface area contributed by atoms with E-state index in [4.69, 9.17) is 16.3 Å². The van der Waals surface area contributed by atoms with Gasteiger partial charge in [0.05, 0.1) is 12.2 Å². The standard InChI is InChI=1S/C31H38ClNO3/c1-22(2)33(23(3)4)19-9-8-12-28(25-10-6-5-7-11-25)29-20-24(21-34)13-18-30(29)36-31(35)26-14-16-27(32)17-15-26/h5-7,10-11,13-18,20,22-23,28,34H,8-9,12,19,21H2,1-4H3. The summed E-state index contributed by atoms with van der Waals surface area (Å²) in [7, 11) is 0. The molecule has 5 heteroatoms. The van der Waals surface area contributed by atoms with Gasteiger partial charge in [0.25, 0.3) is 0 Å². The third kappa shape index (κ3) is 7.67. The number of halogens is 1. The molecule has 0 radical (unpaired) electrons. The van der Waals surface area contributed by atoms with Gasteiger partial charge >= 0.3 is 5.97 Å². The SMILES string of the molecule is CC(C)N(CCCCC(c1ccccc1)c1cc(CO)ccc1OC(=O)c1ccc(Cl)cc1)C(C)C. The van der Waals surface area contributed by atoms with Gasteiger partial charge in [-0.15, -0.1) is 0 Å². The summed E-state index contributed by atoms with van der Waals surface area (Å²) < 4.78 is 5.91. The van der Waals surface area contributed by atoms with Crippen molar-refractivity contribution in [2.45, 2.75) is 71.6 Å². The fourth-order valence-electron chi connectivity index (χ4n) is 4.75. The predicted molar refractivity (Wildman–Crippen MR) is 148 cm³/mol. The normalized spacial score (nSPS) is 12.4. The molecule has 1 atom stereocenters. The molecule has 0 spiro atoms. The first-order chi connectivity index (χ1) is 17.3. The van der Waals surface area contributed by atoms with Gasteiger partial charge in [-0.05, 0) is 94.6 Å². The zero-order chi connectivity index (χ0) is 26.1. The molecule has 1 N–H and O–H groups in total. The predicted octanol–water partition coefficient (Wildman–Crippen LogP) is 7.47. The lowest BCUT2D eigenvalue weighted by Crippen LogP contribution is -2.37. The number of aliphatic hydroxyl groups excluding tert-OH is 1. The van der Waals surface area contributed by atoms with Gasteiger partial charge in [-0.2, -0.15) is 0 Å². The quantitative estimate of drug-likeness (QED) is 0.157. The Morgan fingerprint density at radius 2 is 1.58 bits per heavy atom. The summed E-state index contributed by atoms with van der Waals surface area (Å²) in [6.45, 7) is 9.95. The van der Waals surface area contributed by atoms with Crippen LogP contribution in [0.3, 0.4) is 0 Å². The Kier molecular flexibility index (Phi) is 10.5. The lowest BCUT2D eigenvalue weighted by Gasteiger charge is -2.30. The van der Waals surface area contributed by atoms with Crippen molar-refractivity contribution in [1.82, 2.24) is 4.90 Å². The maximum atomic E-state index is 12.9. The number of nitrogens with zero attached hydrogens (tertiary/aromatic N) is 1. The van der Waals surface area contributed by atoms with Crippen molar-refractivity contribution in [3.8, 4) is 5.75 Å². The molecular weight excluding hydrogens is 470 g/mol. The van der Waals surface area contributed by atoms with E-state index in [0.717, 1.165) is 36.9 Å². The van der Waals surface area contributed by atoms with E-state index in [-0.39, 0.29) is 12.5 Å². The Bertz CT molecular complexity index is 1090. The Morgan fingerprint density at radius 1 is 0.917 bits per heavy atom. The molecule has 36 heavy (non-hydrogen) atoms. The van der Waals surface area contributed by atoms with E-state index in [1.807, 2.05) is 24.3 Å². The first-order valence-electron chi connectivity index (χ1n) is 12.8. The minimum Gasteiger partial charge on any atom is -0.423 e. The van der Waals surface area contributed by atoms with E-state index in [1.54, 1.807) is 36.4 Å². The largest absolute Gasteiger partial charge is 0.423 e. The number of carbonyl (C=O) groups is 1. The van der Waals surface area contributed by atoms with E-state index in [0.29, 0.717) is 28.4 Å². The van der Waals surface area contributed by atoms with Crippen molar-refractivity contribution >= 4 is 17.6 Å². The van der Waals surface area contributed by atoms with Crippen LogP contribution in [0, 0.1) is 0 Å². The number of esters is 1. The lowest BCUT2D eigenvalue weighted by atomic mass is 9.85.